The third kappa shape index (κ3) is 2.80. The predicted molar refractivity (Wildman–Crippen MR) is 60.2 cm³/mol. The van der Waals surface area contributed by atoms with Crippen molar-refractivity contribution in [2.24, 2.45) is 5.73 Å². The maximum atomic E-state index is 10.6. The van der Waals surface area contributed by atoms with E-state index in [2.05, 4.69) is 25.4 Å². The van der Waals surface area contributed by atoms with Crippen LogP contribution in [0.4, 0.5) is 0 Å². The second kappa shape index (κ2) is 5.23. The van der Waals surface area contributed by atoms with Gasteiger partial charge >= 0.3 is 5.97 Å². The highest BCUT2D eigenvalue weighted by atomic mass is 16.4. The van der Waals surface area contributed by atoms with Crippen molar-refractivity contribution >= 4 is 5.97 Å². The molecule has 0 saturated heterocycles. The van der Waals surface area contributed by atoms with Crippen molar-refractivity contribution in [2.45, 2.75) is 12.5 Å². The van der Waals surface area contributed by atoms with Gasteiger partial charge in [-0.25, -0.2) is 0 Å². The summed E-state index contributed by atoms with van der Waals surface area (Å²) in [5, 5.41) is 23.8. The number of hydrogen-bond acceptors (Lipinski definition) is 7. The van der Waals surface area contributed by atoms with E-state index in [0.717, 1.165) is 0 Å². The number of nitrogens with zero attached hydrogens (tertiary/aromatic N) is 5. The van der Waals surface area contributed by atoms with Crippen molar-refractivity contribution < 1.29 is 9.90 Å². The molecule has 0 aliphatic rings. The first kappa shape index (κ1) is 12.0. The molecule has 1 atom stereocenters. The highest BCUT2D eigenvalue weighted by molar-refractivity contribution is 5.73. The number of hydrogen-bond donors (Lipinski definition) is 2. The van der Waals surface area contributed by atoms with Crippen molar-refractivity contribution in [3.05, 3.63) is 30.2 Å². The molecule has 0 radical (unpaired) electrons. The summed E-state index contributed by atoms with van der Waals surface area (Å²) in [6, 6.07) is 4.22. The molecule has 0 fully saturated rings. The van der Waals surface area contributed by atoms with Gasteiger partial charge in [0.15, 0.2) is 5.82 Å². The van der Waals surface area contributed by atoms with Crippen molar-refractivity contribution in [1.82, 2.24) is 25.4 Å². The molecule has 0 amide bonds. The summed E-state index contributed by atoms with van der Waals surface area (Å²) in [4.78, 5) is 14.6. The molecule has 8 nitrogen and oxygen atoms in total. The summed E-state index contributed by atoms with van der Waals surface area (Å²) in [7, 11) is 0. The number of nitrogens with two attached hydrogens (primary N) is 1. The second-order valence-electron chi connectivity index (χ2n) is 3.50. The number of aliphatic carboxylic acids is 1. The summed E-state index contributed by atoms with van der Waals surface area (Å²) in [6.07, 6.45) is 1.59. The zero-order valence-electron chi connectivity index (χ0n) is 9.26. The molecule has 2 heterocycles. The van der Waals surface area contributed by atoms with E-state index in [1.807, 2.05) is 0 Å². The fourth-order valence-corrected chi connectivity index (χ4v) is 1.21. The molecule has 3 N–H and O–H groups in total. The van der Waals surface area contributed by atoms with Crippen molar-refractivity contribution in [3.63, 3.8) is 0 Å². The van der Waals surface area contributed by atoms with Gasteiger partial charge in [-0.2, -0.15) is 0 Å². The molecule has 2 aromatic heterocycles. The second-order valence-corrected chi connectivity index (χ2v) is 3.50. The quantitative estimate of drug-likeness (QED) is 0.723. The van der Waals surface area contributed by atoms with Gasteiger partial charge in [0.2, 0.25) is 5.82 Å². The van der Waals surface area contributed by atoms with Gasteiger partial charge in [-0.3, -0.25) is 9.78 Å². The Labute approximate surface area is 102 Å². The molecule has 8 heteroatoms. The summed E-state index contributed by atoms with van der Waals surface area (Å²) >= 11 is 0. The van der Waals surface area contributed by atoms with E-state index in [1.165, 1.54) is 0 Å². The van der Waals surface area contributed by atoms with Crippen LogP contribution in [0.2, 0.25) is 0 Å². The molecule has 0 aliphatic carbocycles. The Morgan fingerprint density at radius 1 is 1.28 bits per heavy atom. The van der Waals surface area contributed by atoms with Crippen LogP contribution in [0.25, 0.3) is 11.5 Å². The van der Waals surface area contributed by atoms with Gasteiger partial charge in [-0.1, -0.05) is 6.07 Å². The molecular formula is C10H10N6O2. The van der Waals surface area contributed by atoms with Crippen LogP contribution in [-0.2, 0) is 11.2 Å². The average molecular weight is 246 g/mol. The Kier molecular flexibility index (Phi) is 3.49. The number of rotatable bonds is 4. The minimum atomic E-state index is -1.12. The van der Waals surface area contributed by atoms with Crippen LogP contribution in [0.5, 0.6) is 0 Å². The highest BCUT2D eigenvalue weighted by Crippen LogP contribution is 2.07. The third-order valence-corrected chi connectivity index (χ3v) is 2.13. The average Bonchev–Trinajstić information content (AvgIpc) is 2.40. The number of carboxylic acids is 1. The Hall–Kier alpha value is -2.48. The molecule has 18 heavy (non-hydrogen) atoms. The number of carboxylic acid groups (broad SMARTS) is 1. The van der Waals surface area contributed by atoms with E-state index >= 15 is 0 Å². The lowest BCUT2D eigenvalue weighted by Crippen LogP contribution is -2.33. The minimum Gasteiger partial charge on any atom is -0.480 e. The summed E-state index contributed by atoms with van der Waals surface area (Å²) < 4.78 is 0. The molecular weight excluding hydrogens is 236 g/mol. The van der Waals surface area contributed by atoms with Crippen LogP contribution >= 0.6 is 0 Å². The fraction of sp³-hybridized carbons (Fsp3) is 0.200. The molecule has 2 aromatic rings. The smallest absolute Gasteiger partial charge is 0.320 e. The topological polar surface area (TPSA) is 128 Å². The lowest BCUT2D eigenvalue weighted by molar-refractivity contribution is -0.138. The van der Waals surface area contributed by atoms with E-state index in [4.69, 9.17) is 10.8 Å². The predicted octanol–water partition coefficient (Wildman–Crippen LogP) is -0.717. The molecule has 0 unspecified atom stereocenters. The first-order valence-corrected chi connectivity index (χ1v) is 5.13. The molecule has 92 valence electrons. The van der Waals surface area contributed by atoms with Gasteiger partial charge in [0.1, 0.15) is 11.7 Å². The van der Waals surface area contributed by atoms with E-state index in [9.17, 15) is 4.79 Å². The molecule has 0 bridgehead atoms. The van der Waals surface area contributed by atoms with E-state index in [0.29, 0.717) is 5.69 Å². The van der Waals surface area contributed by atoms with E-state index in [1.54, 1.807) is 24.4 Å². The Bertz CT molecular complexity index is 530. The standard InChI is InChI=1S/C10H10N6O2/c11-6(10(17)18)5-8-13-15-9(16-14-8)7-3-1-2-4-12-7/h1-4,6H,5,11H2,(H,17,18)/t6-/m0/s1. The largest absolute Gasteiger partial charge is 0.480 e. The SMILES string of the molecule is N[C@@H](Cc1nnc(-c2ccccn2)nn1)C(=O)O. The van der Waals surface area contributed by atoms with Crippen LogP contribution in [-0.4, -0.2) is 42.5 Å². The summed E-state index contributed by atoms with van der Waals surface area (Å²) in [5.41, 5.74) is 5.90. The fourth-order valence-electron chi connectivity index (χ4n) is 1.21. The summed E-state index contributed by atoms with van der Waals surface area (Å²) in [6.45, 7) is 0. The van der Waals surface area contributed by atoms with Gasteiger partial charge in [0.25, 0.3) is 0 Å². The third-order valence-electron chi connectivity index (χ3n) is 2.13. The van der Waals surface area contributed by atoms with Gasteiger partial charge in [0, 0.05) is 12.6 Å². The minimum absolute atomic E-state index is 0.0160. The Balaban J connectivity index is 2.13. The molecule has 2 rings (SSSR count). The zero-order chi connectivity index (χ0) is 13.0. The maximum absolute atomic E-state index is 10.6. The lowest BCUT2D eigenvalue weighted by Gasteiger charge is -2.03. The molecule has 0 saturated carbocycles. The van der Waals surface area contributed by atoms with Gasteiger partial charge in [-0.05, 0) is 12.1 Å². The number of pyridine rings is 1. The van der Waals surface area contributed by atoms with Gasteiger partial charge < -0.3 is 10.8 Å². The highest BCUT2D eigenvalue weighted by Gasteiger charge is 2.15. The normalized spacial score (nSPS) is 12.1. The molecule has 0 spiro atoms. The van der Waals surface area contributed by atoms with E-state index < -0.39 is 12.0 Å². The first-order valence-electron chi connectivity index (χ1n) is 5.13. The summed E-state index contributed by atoms with van der Waals surface area (Å²) in [5.74, 6) is -0.653. The molecule has 0 aliphatic heterocycles. The van der Waals surface area contributed by atoms with Gasteiger partial charge in [-0.15, -0.1) is 20.4 Å². The van der Waals surface area contributed by atoms with Crippen molar-refractivity contribution in [2.75, 3.05) is 0 Å². The molecule has 0 aromatic carbocycles. The van der Waals surface area contributed by atoms with Crippen LogP contribution in [0.15, 0.2) is 24.4 Å². The van der Waals surface area contributed by atoms with Crippen LogP contribution < -0.4 is 5.73 Å². The Morgan fingerprint density at radius 2 is 2.00 bits per heavy atom. The van der Waals surface area contributed by atoms with Gasteiger partial charge in [0.05, 0.1) is 0 Å². The van der Waals surface area contributed by atoms with Crippen molar-refractivity contribution in [3.8, 4) is 11.5 Å². The van der Waals surface area contributed by atoms with Crippen LogP contribution in [0.3, 0.4) is 0 Å². The first-order chi connectivity index (χ1) is 8.66. The van der Waals surface area contributed by atoms with Crippen LogP contribution in [0, 0.1) is 0 Å². The monoisotopic (exact) mass is 246 g/mol. The number of aromatic nitrogens is 5. The Morgan fingerprint density at radius 3 is 2.56 bits per heavy atom. The van der Waals surface area contributed by atoms with Crippen molar-refractivity contribution in [1.29, 1.82) is 0 Å². The zero-order valence-corrected chi connectivity index (χ0v) is 9.26. The maximum Gasteiger partial charge on any atom is 0.320 e. The van der Waals surface area contributed by atoms with E-state index in [-0.39, 0.29) is 18.1 Å². The van der Waals surface area contributed by atoms with Crippen LogP contribution in [0.1, 0.15) is 5.82 Å². The lowest BCUT2D eigenvalue weighted by atomic mass is 10.2. The number of carbonyl (C=O) groups is 1.